The van der Waals surface area contributed by atoms with Gasteiger partial charge in [-0.3, -0.25) is 0 Å². The molecule has 0 atom stereocenters. The molecule has 0 spiro atoms. The van der Waals surface area contributed by atoms with Crippen LogP contribution in [0.5, 0.6) is 0 Å². The third-order valence-corrected chi connectivity index (χ3v) is 21.7. The van der Waals surface area contributed by atoms with Crippen molar-refractivity contribution in [3.63, 3.8) is 0 Å². The zero-order valence-electron chi connectivity index (χ0n) is 54.2. The molecule has 0 heteroatoms. The van der Waals surface area contributed by atoms with Crippen LogP contribution in [-0.4, -0.2) is 0 Å². The van der Waals surface area contributed by atoms with Gasteiger partial charge >= 0.3 is 0 Å². The van der Waals surface area contributed by atoms with E-state index in [1.54, 1.807) is 0 Å². The van der Waals surface area contributed by atoms with Crippen molar-refractivity contribution in [1.29, 1.82) is 0 Å². The highest BCUT2D eigenvalue weighted by molar-refractivity contribution is 6.13. The monoisotopic (exact) mass is 1220 g/mol. The fourth-order valence-corrected chi connectivity index (χ4v) is 16.7. The summed E-state index contributed by atoms with van der Waals surface area (Å²) in [6.07, 6.45) is 0. The number of hydrogen-bond acceptors (Lipinski definition) is 0. The molecule has 0 nitrogen and oxygen atoms in total. The summed E-state index contributed by atoms with van der Waals surface area (Å²) in [4.78, 5) is 0. The molecule has 96 heavy (non-hydrogen) atoms. The van der Waals surface area contributed by atoms with Crippen molar-refractivity contribution in [2.75, 3.05) is 0 Å². The molecule has 0 fully saturated rings. The Kier molecular flexibility index (Phi) is 12.5. The van der Waals surface area contributed by atoms with Gasteiger partial charge in [-0.2, -0.15) is 0 Å². The number of fused-ring (bicyclic) bond motifs is 17. The maximum atomic E-state index is 2.48. The lowest BCUT2D eigenvalue weighted by molar-refractivity contribution is 0.662. The van der Waals surface area contributed by atoms with E-state index >= 15 is 0 Å². The molecule has 18 aromatic carbocycles. The van der Waals surface area contributed by atoms with Gasteiger partial charge in [0.05, 0.1) is 0 Å². The van der Waals surface area contributed by atoms with E-state index in [0.29, 0.717) is 0 Å². The number of benzene rings is 18. The van der Waals surface area contributed by atoms with E-state index in [1.807, 2.05) is 0 Å². The van der Waals surface area contributed by atoms with Gasteiger partial charge in [-0.15, -0.1) is 0 Å². The number of hydrogen-bond donors (Lipinski definition) is 0. The Bertz CT molecular complexity index is 6330. The molecular weight excluding hydrogens is 1150 g/mol. The topological polar surface area (TPSA) is 0 Å². The molecule has 20 rings (SSSR count). The van der Waals surface area contributed by atoms with Gasteiger partial charge in [0.15, 0.2) is 0 Å². The van der Waals surface area contributed by atoms with Crippen molar-refractivity contribution in [1.82, 2.24) is 0 Å². The zero-order valence-corrected chi connectivity index (χ0v) is 54.2. The third kappa shape index (κ3) is 8.97. The molecular formula is C96H66. The van der Waals surface area contributed by atoms with Crippen LogP contribution in [-0.2, 0) is 10.8 Å². The van der Waals surface area contributed by atoms with Gasteiger partial charge in [0, 0.05) is 10.8 Å². The van der Waals surface area contributed by atoms with Crippen LogP contribution in [0.2, 0.25) is 0 Å². The SMILES string of the molecule is CC1(C)c2cc(-c3ccc4cc(-c5ccc6ccccc6c5)ccc4c3)c3ccccc3c2-c2ccc3ccccc3c21.CC1(C)c2cc3ccccc3cc2-c2cc3ccc(-c4cc(-c5ccc6cc(-c7ccc8ccccc8c7)ccc6c5)c5ccccc5c4)cc3cc21. The van der Waals surface area contributed by atoms with E-state index in [9.17, 15) is 0 Å². The van der Waals surface area contributed by atoms with Crippen LogP contribution in [0, 0.1) is 0 Å². The molecule has 0 saturated heterocycles. The van der Waals surface area contributed by atoms with Crippen molar-refractivity contribution in [2.24, 2.45) is 0 Å². The Hall–Kier alpha value is -11.7. The summed E-state index contributed by atoms with van der Waals surface area (Å²) >= 11 is 0. The highest BCUT2D eigenvalue weighted by Gasteiger charge is 2.39. The first-order valence-corrected chi connectivity index (χ1v) is 33.8. The molecule has 0 bridgehead atoms. The molecule has 0 heterocycles. The molecule has 0 saturated carbocycles. The van der Waals surface area contributed by atoms with Gasteiger partial charge in [0.1, 0.15) is 0 Å². The second-order valence-corrected chi connectivity index (χ2v) is 28.0. The summed E-state index contributed by atoms with van der Waals surface area (Å²) in [5.41, 5.74) is 23.6. The van der Waals surface area contributed by atoms with Crippen LogP contribution >= 0.6 is 0 Å². The minimum Gasteiger partial charge on any atom is -0.0616 e. The van der Waals surface area contributed by atoms with Gasteiger partial charge in [-0.1, -0.05) is 270 Å². The van der Waals surface area contributed by atoms with Crippen LogP contribution < -0.4 is 0 Å². The fourth-order valence-electron chi connectivity index (χ4n) is 16.7. The summed E-state index contributed by atoms with van der Waals surface area (Å²) in [7, 11) is 0. The molecule has 0 N–H and O–H groups in total. The summed E-state index contributed by atoms with van der Waals surface area (Å²) < 4.78 is 0. The Morgan fingerprint density at radius 2 is 0.500 bits per heavy atom. The fraction of sp³-hybridized carbons (Fsp3) is 0.0625. The minimum atomic E-state index is -0.101. The molecule has 0 aromatic heterocycles. The van der Waals surface area contributed by atoms with Crippen LogP contribution in [0.15, 0.2) is 328 Å². The maximum Gasteiger partial charge on any atom is 0.0165 e. The molecule has 18 aromatic rings. The summed E-state index contributed by atoms with van der Waals surface area (Å²) in [6, 6.07) is 122. The van der Waals surface area contributed by atoms with E-state index in [2.05, 4.69) is 355 Å². The lowest BCUT2D eigenvalue weighted by Gasteiger charge is -2.24. The standard InChI is InChI=1S/C53H36.C43H30/c1-53(2)51-31-36-12-6-5-11-35(36)28-49(51)50-29-42-20-19-41(26-46(42)32-52(50)53)45-27-43-13-7-8-14-47(43)48(30-45)44-22-21-39-24-38(17-18-40(39)25-44)37-16-15-33-9-3-4-10-34(33)23-37;1-43(2)40-26-39(36-13-7-8-14-37(36)41(40)38-22-21-28-10-5-6-12-35(28)42(38)43)34-20-19-32-24-31(17-18-33(32)25-34)30-16-15-27-9-3-4-11-29(27)23-30/h3-32H,1-2H3;3-26H,1-2H3. The minimum absolute atomic E-state index is 0.0681. The average molecular weight is 1220 g/mol. The summed E-state index contributed by atoms with van der Waals surface area (Å²) in [6.45, 7) is 9.56. The first kappa shape index (κ1) is 55.9. The normalized spacial score (nSPS) is 13.4. The lowest BCUT2D eigenvalue weighted by Crippen LogP contribution is -2.15. The molecule has 2 aliphatic carbocycles. The average Bonchev–Trinajstić information content (AvgIpc) is 1.51. The van der Waals surface area contributed by atoms with Gasteiger partial charge < -0.3 is 0 Å². The Morgan fingerprint density at radius 1 is 0.167 bits per heavy atom. The van der Waals surface area contributed by atoms with E-state index in [1.165, 1.54) is 197 Å². The molecule has 0 radical (unpaired) electrons. The van der Waals surface area contributed by atoms with Gasteiger partial charge in [-0.25, -0.2) is 0 Å². The first-order chi connectivity index (χ1) is 47.0. The van der Waals surface area contributed by atoms with Crippen LogP contribution in [0.4, 0.5) is 0 Å². The second-order valence-electron chi connectivity index (χ2n) is 28.0. The highest BCUT2D eigenvalue weighted by Crippen LogP contribution is 2.56. The van der Waals surface area contributed by atoms with Crippen molar-refractivity contribution in [3.8, 4) is 77.9 Å². The van der Waals surface area contributed by atoms with E-state index in [0.717, 1.165) is 0 Å². The van der Waals surface area contributed by atoms with Crippen LogP contribution in [0.25, 0.3) is 175 Å². The predicted octanol–water partition coefficient (Wildman–Crippen LogP) is 26.7. The van der Waals surface area contributed by atoms with E-state index in [-0.39, 0.29) is 10.8 Å². The van der Waals surface area contributed by atoms with Crippen molar-refractivity contribution >= 4 is 97.0 Å². The van der Waals surface area contributed by atoms with Crippen LogP contribution in [0.1, 0.15) is 49.9 Å². The molecule has 450 valence electrons. The Morgan fingerprint density at radius 3 is 1.04 bits per heavy atom. The van der Waals surface area contributed by atoms with Gasteiger partial charge in [0.2, 0.25) is 0 Å². The largest absolute Gasteiger partial charge is 0.0616 e. The zero-order chi connectivity index (χ0) is 64.0. The second kappa shape index (κ2) is 21.4. The molecule has 2 aliphatic rings. The first-order valence-electron chi connectivity index (χ1n) is 33.8. The number of rotatable bonds is 5. The molecule has 0 unspecified atom stereocenters. The Balaban J connectivity index is 0.000000138. The molecule has 0 amide bonds. The Labute approximate surface area is 559 Å². The highest BCUT2D eigenvalue weighted by atomic mass is 14.4. The van der Waals surface area contributed by atoms with E-state index < -0.39 is 0 Å². The molecule has 0 aliphatic heterocycles. The maximum absolute atomic E-state index is 2.48. The summed E-state index contributed by atoms with van der Waals surface area (Å²) in [5.74, 6) is 0. The summed E-state index contributed by atoms with van der Waals surface area (Å²) in [5, 5.41) is 23.1. The quantitative estimate of drug-likeness (QED) is 0.161. The predicted molar refractivity (Wildman–Crippen MR) is 413 cm³/mol. The van der Waals surface area contributed by atoms with Crippen molar-refractivity contribution in [3.05, 3.63) is 350 Å². The smallest absolute Gasteiger partial charge is 0.0165 e. The van der Waals surface area contributed by atoms with E-state index in [4.69, 9.17) is 0 Å². The lowest BCUT2D eigenvalue weighted by atomic mass is 9.79. The van der Waals surface area contributed by atoms with Crippen LogP contribution in [0.3, 0.4) is 0 Å². The van der Waals surface area contributed by atoms with Gasteiger partial charge in [-0.05, 0) is 282 Å². The van der Waals surface area contributed by atoms with Gasteiger partial charge in [0.25, 0.3) is 0 Å². The third-order valence-electron chi connectivity index (χ3n) is 21.7. The van der Waals surface area contributed by atoms with Crippen molar-refractivity contribution in [2.45, 2.75) is 38.5 Å². The van der Waals surface area contributed by atoms with Crippen molar-refractivity contribution < 1.29 is 0 Å².